The van der Waals surface area contributed by atoms with Gasteiger partial charge in [-0.25, -0.2) is 0 Å². The molecule has 0 aliphatic carbocycles. The van der Waals surface area contributed by atoms with E-state index in [1.807, 2.05) is 61.5 Å². The predicted molar refractivity (Wildman–Crippen MR) is 106 cm³/mol. The summed E-state index contributed by atoms with van der Waals surface area (Å²) in [7, 11) is 0. The summed E-state index contributed by atoms with van der Waals surface area (Å²) in [4.78, 5) is 12.0. The second-order valence-electron chi connectivity index (χ2n) is 5.50. The first-order valence-corrected chi connectivity index (χ1v) is 8.79. The Morgan fingerprint density at radius 3 is 2.76 bits per heavy atom. The van der Waals surface area contributed by atoms with Crippen molar-refractivity contribution >= 4 is 45.2 Å². The average Bonchev–Trinajstić information content (AvgIpc) is 3.04. The Labute approximate surface area is 159 Å². The highest BCUT2D eigenvalue weighted by Gasteiger charge is 2.06. The minimum Gasteiger partial charge on any atom is -0.457 e. The minimum absolute atomic E-state index is 0.227. The smallest absolute Gasteiger partial charge is 0.248 e. The SMILES string of the molecule is Cc1ccc(-c2ccc(/C=C/C(=O)Nc3cccc(Br)c3)o2)cc1Cl. The molecule has 5 heteroatoms. The summed E-state index contributed by atoms with van der Waals surface area (Å²) in [5, 5.41) is 3.48. The zero-order valence-corrected chi connectivity index (χ0v) is 15.8. The Balaban J connectivity index is 1.69. The Morgan fingerprint density at radius 2 is 2.00 bits per heavy atom. The quantitative estimate of drug-likeness (QED) is 0.505. The van der Waals surface area contributed by atoms with Crippen molar-refractivity contribution in [2.45, 2.75) is 6.92 Å². The van der Waals surface area contributed by atoms with Crippen LogP contribution < -0.4 is 5.32 Å². The second kappa shape index (κ2) is 7.72. The van der Waals surface area contributed by atoms with Crippen molar-refractivity contribution in [1.82, 2.24) is 0 Å². The number of rotatable bonds is 4. The predicted octanol–water partition coefficient (Wildman–Crippen LogP) is 6.32. The van der Waals surface area contributed by atoms with Gasteiger partial charge in [0.05, 0.1) is 0 Å². The molecule has 0 saturated heterocycles. The van der Waals surface area contributed by atoms with Gasteiger partial charge in [0, 0.05) is 26.8 Å². The van der Waals surface area contributed by atoms with Crippen LogP contribution in [0.5, 0.6) is 0 Å². The molecule has 3 nitrogen and oxygen atoms in total. The molecule has 0 spiro atoms. The fourth-order valence-electron chi connectivity index (χ4n) is 2.25. The molecule has 0 radical (unpaired) electrons. The molecule has 0 aliphatic heterocycles. The van der Waals surface area contributed by atoms with E-state index in [2.05, 4.69) is 21.2 Å². The maximum absolute atomic E-state index is 12.0. The fourth-order valence-corrected chi connectivity index (χ4v) is 2.83. The summed E-state index contributed by atoms with van der Waals surface area (Å²) < 4.78 is 6.66. The Bertz CT molecular complexity index is 946. The van der Waals surface area contributed by atoms with Gasteiger partial charge < -0.3 is 9.73 Å². The number of hydrogen-bond acceptors (Lipinski definition) is 2. The number of hydrogen-bond donors (Lipinski definition) is 1. The van der Waals surface area contributed by atoms with Crippen LogP contribution in [0.1, 0.15) is 11.3 Å². The Morgan fingerprint density at radius 1 is 1.16 bits per heavy atom. The standard InChI is InChI=1S/C20H15BrClNO2/c1-13-5-6-14(11-18(13)22)19-9-7-17(25-19)8-10-20(24)23-16-4-2-3-15(21)12-16/h2-12H,1H3,(H,23,24)/b10-8+. The first-order chi connectivity index (χ1) is 12.0. The number of aryl methyl sites for hydroxylation is 1. The summed E-state index contributed by atoms with van der Waals surface area (Å²) in [6.07, 6.45) is 3.07. The molecule has 25 heavy (non-hydrogen) atoms. The molecule has 126 valence electrons. The van der Waals surface area contributed by atoms with Gasteiger partial charge in [-0.1, -0.05) is 45.7 Å². The maximum Gasteiger partial charge on any atom is 0.248 e. The normalized spacial score (nSPS) is 11.0. The number of carbonyl (C=O) groups is 1. The van der Waals surface area contributed by atoms with E-state index in [0.717, 1.165) is 21.3 Å². The van der Waals surface area contributed by atoms with Gasteiger partial charge in [-0.05, 0) is 55.0 Å². The van der Waals surface area contributed by atoms with Gasteiger partial charge in [0.2, 0.25) is 5.91 Å². The molecule has 1 N–H and O–H groups in total. The summed E-state index contributed by atoms with van der Waals surface area (Å²) in [6.45, 7) is 1.95. The van der Waals surface area contributed by atoms with Crippen LogP contribution in [0.15, 0.2) is 69.6 Å². The summed E-state index contributed by atoms with van der Waals surface area (Å²) in [5.74, 6) is 1.07. The monoisotopic (exact) mass is 415 g/mol. The van der Waals surface area contributed by atoms with Crippen LogP contribution >= 0.6 is 27.5 Å². The molecule has 0 unspecified atom stereocenters. The summed E-state index contributed by atoms with van der Waals surface area (Å²) in [6, 6.07) is 16.8. The molecule has 0 bridgehead atoms. The van der Waals surface area contributed by atoms with Crippen molar-refractivity contribution in [2.24, 2.45) is 0 Å². The van der Waals surface area contributed by atoms with Crippen molar-refractivity contribution in [3.63, 3.8) is 0 Å². The van der Waals surface area contributed by atoms with Gasteiger partial charge in [0.15, 0.2) is 0 Å². The van der Waals surface area contributed by atoms with Gasteiger partial charge in [0.1, 0.15) is 11.5 Å². The van der Waals surface area contributed by atoms with E-state index in [4.69, 9.17) is 16.0 Å². The van der Waals surface area contributed by atoms with Gasteiger partial charge in [0.25, 0.3) is 0 Å². The number of anilines is 1. The molecule has 3 aromatic rings. The first kappa shape index (κ1) is 17.5. The van der Waals surface area contributed by atoms with Crippen LogP contribution in [0.25, 0.3) is 17.4 Å². The highest BCUT2D eigenvalue weighted by molar-refractivity contribution is 9.10. The number of carbonyl (C=O) groups excluding carboxylic acids is 1. The van der Waals surface area contributed by atoms with Crippen molar-refractivity contribution in [2.75, 3.05) is 5.32 Å². The topological polar surface area (TPSA) is 42.2 Å². The molecule has 1 heterocycles. The third kappa shape index (κ3) is 4.62. The molecule has 1 amide bonds. The van der Waals surface area contributed by atoms with E-state index >= 15 is 0 Å². The molecule has 0 fully saturated rings. The first-order valence-electron chi connectivity index (χ1n) is 7.62. The third-order valence-electron chi connectivity index (χ3n) is 3.57. The number of amides is 1. The minimum atomic E-state index is -0.227. The lowest BCUT2D eigenvalue weighted by molar-refractivity contribution is -0.111. The second-order valence-corrected chi connectivity index (χ2v) is 6.82. The Kier molecular flexibility index (Phi) is 5.41. The van der Waals surface area contributed by atoms with Crippen LogP contribution in [0, 0.1) is 6.92 Å². The largest absolute Gasteiger partial charge is 0.457 e. The number of furan rings is 1. The van der Waals surface area contributed by atoms with E-state index in [1.54, 1.807) is 6.08 Å². The van der Waals surface area contributed by atoms with Crippen LogP contribution in [-0.2, 0) is 4.79 Å². The molecule has 3 rings (SSSR count). The van der Waals surface area contributed by atoms with Gasteiger partial charge >= 0.3 is 0 Å². The highest BCUT2D eigenvalue weighted by Crippen LogP contribution is 2.27. The zero-order valence-electron chi connectivity index (χ0n) is 13.4. The van der Waals surface area contributed by atoms with Gasteiger partial charge in [-0.3, -0.25) is 4.79 Å². The third-order valence-corrected chi connectivity index (χ3v) is 4.47. The lowest BCUT2D eigenvalue weighted by Crippen LogP contribution is -2.07. The van der Waals surface area contributed by atoms with Crippen LogP contribution in [0.2, 0.25) is 5.02 Å². The molecule has 1 aromatic heterocycles. The maximum atomic E-state index is 12.0. The van der Waals surface area contributed by atoms with E-state index in [0.29, 0.717) is 16.5 Å². The van der Waals surface area contributed by atoms with E-state index in [1.165, 1.54) is 6.08 Å². The summed E-state index contributed by atoms with van der Waals surface area (Å²) in [5.41, 5.74) is 2.63. The number of halogens is 2. The van der Waals surface area contributed by atoms with Gasteiger partial charge in [-0.2, -0.15) is 0 Å². The Hall–Kier alpha value is -2.30. The van der Waals surface area contributed by atoms with Crippen LogP contribution in [0.4, 0.5) is 5.69 Å². The number of benzene rings is 2. The van der Waals surface area contributed by atoms with E-state index in [9.17, 15) is 4.79 Å². The number of nitrogens with one attached hydrogen (secondary N) is 1. The van der Waals surface area contributed by atoms with E-state index < -0.39 is 0 Å². The lowest BCUT2D eigenvalue weighted by Gasteiger charge is -2.02. The van der Waals surface area contributed by atoms with Crippen molar-refractivity contribution in [3.8, 4) is 11.3 Å². The van der Waals surface area contributed by atoms with Crippen molar-refractivity contribution in [3.05, 3.63) is 81.5 Å². The molecule has 2 aromatic carbocycles. The molecular formula is C20H15BrClNO2. The lowest BCUT2D eigenvalue weighted by atomic mass is 10.1. The van der Waals surface area contributed by atoms with Crippen LogP contribution in [-0.4, -0.2) is 5.91 Å². The molecular weight excluding hydrogens is 402 g/mol. The van der Waals surface area contributed by atoms with Crippen molar-refractivity contribution in [1.29, 1.82) is 0 Å². The summed E-state index contributed by atoms with van der Waals surface area (Å²) >= 11 is 9.52. The molecule has 0 aliphatic rings. The van der Waals surface area contributed by atoms with Crippen molar-refractivity contribution < 1.29 is 9.21 Å². The van der Waals surface area contributed by atoms with Gasteiger partial charge in [-0.15, -0.1) is 0 Å². The highest BCUT2D eigenvalue weighted by atomic mass is 79.9. The fraction of sp³-hybridized carbons (Fsp3) is 0.0500. The molecule has 0 atom stereocenters. The van der Waals surface area contributed by atoms with Crippen LogP contribution in [0.3, 0.4) is 0 Å². The molecule has 0 saturated carbocycles. The average molecular weight is 417 g/mol. The zero-order chi connectivity index (χ0) is 17.8. The van der Waals surface area contributed by atoms with E-state index in [-0.39, 0.29) is 5.91 Å².